The quantitative estimate of drug-likeness (QED) is 0.735. The van der Waals surface area contributed by atoms with Crippen molar-refractivity contribution in [2.24, 2.45) is 11.8 Å². The van der Waals surface area contributed by atoms with Gasteiger partial charge in [0.25, 0.3) is 5.91 Å². The summed E-state index contributed by atoms with van der Waals surface area (Å²) in [5, 5.41) is 2.39. The molecule has 14 heavy (non-hydrogen) atoms. The van der Waals surface area contributed by atoms with E-state index in [1.807, 2.05) is 0 Å². The summed E-state index contributed by atoms with van der Waals surface area (Å²) in [6.45, 7) is 4.19. The third-order valence-electron chi connectivity index (χ3n) is 2.72. The van der Waals surface area contributed by atoms with E-state index in [0.29, 0.717) is 11.8 Å². The van der Waals surface area contributed by atoms with E-state index in [-0.39, 0.29) is 6.04 Å². The average molecular weight is 205 g/mol. The molecule has 1 aliphatic rings. The van der Waals surface area contributed by atoms with Crippen molar-refractivity contribution in [3.05, 3.63) is 0 Å². The minimum atomic E-state index is -2.89. The number of carbonyl (C=O) groups excluding carboxylic acids is 1. The molecule has 1 fully saturated rings. The molecular formula is C10H17F2NO. The minimum Gasteiger partial charge on any atom is -0.348 e. The molecule has 2 nitrogen and oxygen atoms in total. The van der Waals surface area contributed by atoms with E-state index in [4.69, 9.17) is 0 Å². The number of amides is 1. The van der Waals surface area contributed by atoms with Crippen molar-refractivity contribution >= 4 is 5.91 Å². The Labute approximate surface area is 83.1 Å². The van der Waals surface area contributed by atoms with E-state index in [0.717, 1.165) is 19.3 Å². The highest BCUT2D eigenvalue weighted by molar-refractivity contribution is 5.79. The Morgan fingerprint density at radius 2 is 1.71 bits per heavy atom. The van der Waals surface area contributed by atoms with E-state index in [9.17, 15) is 13.6 Å². The number of rotatable bonds is 2. The molecule has 4 heteroatoms. The van der Waals surface area contributed by atoms with Gasteiger partial charge in [0.2, 0.25) is 0 Å². The van der Waals surface area contributed by atoms with Crippen LogP contribution in [0.4, 0.5) is 8.78 Å². The molecule has 0 radical (unpaired) electrons. The molecule has 0 bridgehead atoms. The molecule has 82 valence electrons. The van der Waals surface area contributed by atoms with Gasteiger partial charge in [-0.1, -0.05) is 13.8 Å². The largest absolute Gasteiger partial charge is 0.348 e. The lowest BCUT2D eigenvalue weighted by Crippen LogP contribution is -2.42. The van der Waals surface area contributed by atoms with Crippen LogP contribution < -0.4 is 5.32 Å². The van der Waals surface area contributed by atoms with Crippen LogP contribution in [0, 0.1) is 11.8 Å². The van der Waals surface area contributed by atoms with Crippen LogP contribution in [0.2, 0.25) is 0 Å². The zero-order valence-corrected chi connectivity index (χ0v) is 8.59. The summed E-state index contributed by atoms with van der Waals surface area (Å²) in [6.07, 6.45) is -0.116. The van der Waals surface area contributed by atoms with Gasteiger partial charge in [-0.2, -0.15) is 8.78 Å². The molecule has 0 aromatic rings. The van der Waals surface area contributed by atoms with Crippen LogP contribution in [0.3, 0.4) is 0 Å². The van der Waals surface area contributed by atoms with Gasteiger partial charge in [0.05, 0.1) is 0 Å². The molecular weight excluding hydrogens is 188 g/mol. The predicted molar refractivity (Wildman–Crippen MR) is 50.1 cm³/mol. The topological polar surface area (TPSA) is 29.1 Å². The van der Waals surface area contributed by atoms with Gasteiger partial charge in [-0.15, -0.1) is 0 Å². The molecule has 1 aliphatic carbocycles. The summed E-state index contributed by atoms with van der Waals surface area (Å²) in [6, 6.07) is -0.0600. The Hall–Kier alpha value is -0.670. The molecule has 0 aromatic carbocycles. The van der Waals surface area contributed by atoms with Gasteiger partial charge in [-0.25, -0.2) is 0 Å². The molecule has 0 saturated heterocycles. The van der Waals surface area contributed by atoms with Crippen molar-refractivity contribution in [1.82, 2.24) is 5.32 Å². The lowest BCUT2D eigenvalue weighted by Gasteiger charge is -2.31. The fraction of sp³-hybridized carbons (Fsp3) is 0.900. The van der Waals surface area contributed by atoms with Crippen molar-refractivity contribution in [2.45, 2.75) is 45.6 Å². The summed E-state index contributed by atoms with van der Waals surface area (Å²) < 4.78 is 23.9. The summed E-state index contributed by atoms with van der Waals surface area (Å²) in [5.41, 5.74) is 0. The number of alkyl halides is 2. The first kappa shape index (κ1) is 11.4. The zero-order chi connectivity index (χ0) is 10.7. The molecule has 0 spiro atoms. The van der Waals surface area contributed by atoms with Crippen LogP contribution in [0.25, 0.3) is 0 Å². The number of carbonyl (C=O) groups is 1. The van der Waals surface area contributed by atoms with Crippen LogP contribution >= 0.6 is 0 Å². The standard InChI is InChI=1S/C10H17F2NO/c1-6-3-7(2)5-8(4-6)13-10(14)9(11)12/h6-9H,3-5H2,1-2H3,(H,13,14). The highest BCUT2D eigenvalue weighted by Crippen LogP contribution is 2.28. The highest BCUT2D eigenvalue weighted by Gasteiger charge is 2.27. The van der Waals surface area contributed by atoms with Gasteiger partial charge in [0.1, 0.15) is 0 Å². The van der Waals surface area contributed by atoms with E-state index in [2.05, 4.69) is 19.2 Å². The first-order chi connectivity index (χ1) is 6.49. The second-order valence-electron chi connectivity index (χ2n) is 4.42. The molecule has 0 aliphatic heterocycles. The van der Waals surface area contributed by atoms with Crippen molar-refractivity contribution in [3.8, 4) is 0 Å². The number of hydrogen-bond donors (Lipinski definition) is 1. The minimum absolute atomic E-state index is 0.0600. The van der Waals surface area contributed by atoms with Crippen LogP contribution in [-0.4, -0.2) is 18.4 Å². The van der Waals surface area contributed by atoms with E-state index >= 15 is 0 Å². The van der Waals surface area contributed by atoms with Gasteiger partial charge < -0.3 is 5.32 Å². The highest BCUT2D eigenvalue weighted by atomic mass is 19.3. The summed E-state index contributed by atoms with van der Waals surface area (Å²) in [7, 11) is 0. The molecule has 2 atom stereocenters. The predicted octanol–water partition coefficient (Wildman–Crippen LogP) is 2.19. The second kappa shape index (κ2) is 4.71. The van der Waals surface area contributed by atoms with Crippen LogP contribution in [0.15, 0.2) is 0 Å². The Kier molecular flexibility index (Phi) is 3.84. The van der Waals surface area contributed by atoms with Gasteiger partial charge in [0, 0.05) is 6.04 Å². The SMILES string of the molecule is CC1CC(C)CC(NC(=O)C(F)F)C1. The Bertz CT molecular complexity index is 198. The summed E-state index contributed by atoms with van der Waals surface area (Å²) in [5.74, 6) is -0.0975. The monoisotopic (exact) mass is 205 g/mol. The van der Waals surface area contributed by atoms with Crippen molar-refractivity contribution in [3.63, 3.8) is 0 Å². The van der Waals surface area contributed by atoms with Crippen molar-refractivity contribution in [1.29, 1.82) is 0 Å². The number of hydrogen-bond acceptors (Lipinski definition) is 1. The molecule has 2 unspecified atom stereocenters. The van der Waals surface area contributed by atoms with Gasteiger partial charge in [-0.3, -0.25) is 4.79 Å². The molecule has 1 rings (SSSR count). The first-order valence-electron chi connectivity index (χ1n) is 5.07. The average Bonchev–Trinajstić information content (AvgIpc) is 2.01. The third kappa shape index (κ3) is 3.24. The molecule has 0 heterocycles. The van der Waals surface area contributed by atoms with E-state index in [1.165, 1.54) is 0 Å². The molecule has 0 aromatic heterocycles. The lowest BCUT2D eigenvalue weighted by atomic mass is 9.80. The molecule has 1 amide bonds. The van der Waals surface area contributed by atoms with E-state index < -0.39 is 12.3 Å². The van der Waals surface area contributed by atoms with E-state index in [1.54, 1.807) is 0 Å². The number of halogens is 2. The first-order valence-corrected chi connectivity index (χ1v) is 5.07. The summed E-state index contributed by atoms with van der Waals surface area (Å²) >= 11 is 0. The van der Waals surface area contributed by atoms with Crippen molar-refractivity contribution < 1.29 is 13.6 Å². The molecule has 1 saturated carbocycles. The fourth-order valence-corrected chi connectivity index (χ4v) is 2.33. The van der Waals surface area contributed by atoms with Gasteiger partial charge in [0.15, 0.2) is 0 Å². The van der Waals surface area contributed by atoms with Gasteiger partial charge >= 0.3 is 6.43 Å². The zero-order valence-electron chi connectivity index (χ0n) is 8.59. The summed E-state index contributed by atoms with van der Waals surface area (Å²) in [4.78, 5) is 10.8. The van der Waals surface area contributed by atoms with Gasteiger partial charge in [-0.05, 0) is 31.1 Å². The van der Waals surface area contributed by atoms with Crippen molar-refractivity contribution in [2.75, 3.05) is 0 Å². The smallest absolute Gasteiger partial charge is 0.315 e. The third-order valence-corrected chi connectivity index (χ3v) is 2.72. The van der Waals surface area contributed by atoms with Crippen LogP contribution in [0.5, 0.6) is 0 Å². The maximum atomic E-state index is 12.0. The Morgan fingerprint density at radius 1 is 1.21 bits per heavy atom. The Balaban J connectivity index is 2.40. The Morgan fingerprint density at radius 3 is 2.14 bits per heavy atom. The maximum absolute atomic E-state index is 12.0. The van der Waals surface area contributed by atoms with Crippen LogP contribution in [0.1, 0.15) is 33.1 Å². The second-order valence-corrected chi connectivity index (χ2v) is 4.42. The normalized spacial score (nSPS) is 33.1. The maximum Gasteiger partial charge on any atom is 0.315 e. The lowest BCUT2D eigenvalue weighted by molar-refractivity contribution is -0.132. The number of nitrogens with one attached hydrogen (secondary N) is 1. The molecule has 1 N–H and O–H groups in total. The fourth-order valence-electron chi connectivity index (χ4n) is 2.33. The van der Waals surface area contributed by atoms with Crippen LogP contribution in [-0.2, 0) is 4.79 Å².